The van der Waals surface area contributed by atoms with Gasteiger partial charge in [0.05, 0.1) is 0 Å². The highest BCUT2D eigenvalue weighted by molar-refractivity contribution is 6.06. The molecule has 3 aromatic rings. The van der Waals surface area contributed by atoms with Crippen LogP contribution in [0.1, 0.15) is 58.1 Å². The zero-order valence-electron chi connectivity index (χ0n) is 21.4. The molecule has 184 valence electrons. The molecular formula is C30H34O5. The SMILES string of the molecule is COC1Oc2cc3c(O)cc4c(c3cc2OC1OC)-c1ccccc1C41CC(C)(C)CC(C)(C)C1. The molecule has 2 unspecified atom stereocenters. The summed E-state index contributed by atoms with van der Waals surface area (Å²) in [6.07, 6.45) is 1.91. The quantitative estimate of drug-likeness (QED) is 0.444. The van der Waals surface area contributed by atoms with Gasteiger partial charge in [-0.05, 0) is 75.9 Å². The fourth-order valence-electron chi connectivity index (χ4n) is 7.70. The highest BCUT2D eigenvalue weighted by Crippen LogP contribution is 2.65. The number of ether oxygens (including phenoxy) is 4. The maximum Gasteiger partial charge on any atom is 0.263 e. The van der Waals surface area contributed by atoms with Crippen molar-refractivity contribution in [3.05, 3.63) is 53.6 Å². The minimum absolute atomic E-state index is 0.147. The molecular weight excluding hydrogens is 440 g/mol. The first-order valence-corrected chi connectivity index (χ1v) is 12.4. The van der Waals surface area contributed by atoms with Gasteiger partial charge in [-0.1, -0.05) is 52.0 Å². The van der Waals surface area contributed by atoms with Crippen LogP contribution in [0.3, 0.4) is 0 Å². The van der Waals surface area contributed by atoms with Crippen molar-refractivity contribution in [3.8, 4) is 28.4 Å². The molecule has 6 rings (SSSR count). The van der Waals surface area contributed by atoms with Gasteiger partial charge in [-0.3, -0.25) is 0 Å². The highest BCUT2D eigenvalue weighted by Gasteiger charge is 2.53. The van der Waals surface area contributed by atoms with Crippen molar-refractivity contribution in [2.24, 2.45) is 10.8 Å². The van der Waals surface area contributed by atoms with Crippen molar-refractivity contribution in [3.63, 3.8) is 0 Å². The summed E-state index contributed by atoms with van der Waals surface area (Å²) in [7, 11) is 3.13. The lowest BCUT2D eigenvalue weighted by atomic mass is 9.52. The molecule has 1 heterocycles. The van der Waals surface area contributed by atoms with Gasteiger partial charge < -0.3 is 24.1 Å². The molecule has 2 atom stereocenters. The van der Waals surface area contributed by atoms with E-state index in [1.165, 1.54) is 28.7 Å². The molecule has 1 N–H and O–H groups in total. The van der Waals surface area contributed by atoms with Gasteiger partial charge in [0.15, 0.2) is 11.5 Å². The Morgan fingerprint density at radius 2 is 1.34 bits per heavy atom. The van der Waals surface area contributed by atoms with Crippen LogP contribution in [0, 0.1) is 10.8 Å². The number of phenols is 1. The van der Waals surface area contributed by atoms with Gasteiger partial charge >= 0.3 is 0 Å². The average molecular weight is 475 g/mol. The van der Waals surface area contributed by atoms with Crippen LogP contribution >= 0.6 is 0 Å². The lowest BCUT2D eigenvalue weighted by Crippen LogP contribution is -2.43. The number of methoxy groups -OCH3 is 2. The van der Waals surface area contributed by atoms with Crippen LogP contribution in [0.4, 0.5) is 0 Å². The molecule has 1 aliphatic heterocycles. The summed E-state index contributed by atoms with van der Waals surface area (Å²) in [5.41, 5.74) is 5.23. The van der Waals surface area contributed by atoms with E-state index < -0.39 is 12.6 Å². The standard InChI is InChI=1S/C30H34O5/c1-28(2)14-29(3,4)16-30(15-28)20-10-8-7-9-17(20)25-19-12-24-23(11-18(19)22(31)13-21(25)30)34-26(32-5)27(33-6)35-24/h7-13,26-27,31H,14-16H2,1-6H3. The van der Waals surface area contributed by atoms with Gasteiger partial charge in [0.2, 0.25) is 0 Å². The smallest absolute Gasteiger partial charge is 0.263 e. The molecule has 1 fully saturated rings. The molecule has 0 aromatic heterocycles. The van der Waals surface area contributed by atoms with Crippen LogP contribution in [-0.4, -0.2) is 31.9 Å². The van der Waals surface area contributed by atoms with E-state index in [9.17, 15) is 5.11 Å². The van der Waals surface area contributed by atoms with Crippen molar-refractivity contribution in [2.75, 3.05) is 14.2 Å². The fourth-order valence-corrected chi connectivity index (χ4v) is 7.70. The Balaban J connectivity index is 1.64. The number of benzene rings is 3. The van der Waals surface area contributed by atoms with E-state index in [2.05, 4.69) is 52.0 Å². The van der Waals surface area contributed by atoms with Gasteiger partial charge in [-0.15, -0.1) is 0 Å². The summed E-state index contributed by atoms with van der Waals surface area (Å²) >= 11 is 0. The van der Waals surface area contributed by atoms with E-state index in [1.54, 1.807) is 14.2 Å². The number of rotatable bonds is 2. The topological polar surface area (TPSA) is 57.2 Å². The van der Waals surface area contributed by atoms with E-state index in [0.717, 1.165) is 23.6 Å². The largest absolute Gasteiger partial charge is 0.507 e. The lowest BCUT2D eigenvalue weighted by Gasteiger charge is -2.51. The number of aromatic hydroxyl groups is 1. The third kappa shape index (κ3) is 3.28. The van der Waals surface area contributed by atoms with Crippen LogP contribution in [0.5, 0.6) is 17.2 Å². The van der Waals surface area contributed by atoms with Crippen molar-refractivity contribution < 1.29 is 24.1 Å². The van der Waals surface area contributed by atoms with Crippen molar-refractivity contribution in [1.82, 2.24) is 0 Å². The summed E-state index contributed by atoms with van der Waals surface area (Å²) in [4.78, 5) is 0. The third-order valence-corrected chi connectivity index (χ3v) is 8.10. The van der Waals surface area contributed by atoms with E-state index in [0.29, 0.717) is 11.5 Å². The van der Waals surface area contributed by atoms with E-state index in [1.807, 2.05) is 18.2 Å². The summed E-state index contributed by atoms with van der Waals surface area (Å²) in [5, 5.41) is 13.1. The second-order valence-electron chi connectivity index (χ2n) is 12.1. The summed E-state index contributed by atoms with van der Waals surface area (Å²) in [5.74, 6) is 1.39. The van der Waals surface area contributed by atoms with Crippen molar-refractivity contribution in [1.29, 1.82) is 0 Å². The van der Waals surface area contributed by atoms with E-state index >= 15 is 0 Å². The molecule has 2 aliphatic carbocycles. The van der Waals surface area contributed by atoms with Crippen LogP contribution in [-0.2, 0) is 14.9 Å². The molecule has 0 radical (unpaired) electrons. The minimum Gasteiger partial charge on any atom is -0.507 e. The van der Waals surface area contributed by atoms with Gasteiger partial charge in [-0.25, -0.2) is 0 Å². The Labute approximate surface area is 207 Å². The normalized spacial score (nSPS) is 24.9. The fraction of sp³-hybridized carbons (Fsp3) is 0.467. The number of phenolic OH excluding ortho intramolecular Hbond substituents is 1. The zero-order chi connectivity index (χ0) is 24.8. The number of fused-ring (bicyclic) bond motifs is 8. The second kappa shape index (κ2) is 7.37. The molecule has 1 saturated carbocycles. The zero-order valence-corrected chi connectivity index (χ0v) is 21.4. The summed E-state index contributed by atoms with van der Waals surface area (Å²) in [6, 6.07) is 14.6. The molecule has 35 heavy (non-hydrogen) atoms. The molecule has 5 nitrogen and oxygen atoms in total. The molecule has 3 aliphatic rings. The molecule has 0 saturated heterocycles. The Morgan fingerprint density at radius 1 is 0.771 bits per heavy atom. The van der Waals surface area contributed by atoms with E-state index in [4.69, 9.17) is 18.9 Å². The second-order valence-corrected chi connectivity index (χ2v) is 12.1. The first kappa shape index (κ1) is 22.7. The lowest BCUT2D eigenvalue weighted by molar-refractivity contribution is -0.223. The van der Waals surface area contributed by atoms with Gasteiger partial charge in [0.25, 0.3) is 12.6 Å². The average Bonchev–Trinajstić information content (AvgIpc) is 3.03. The Kier molecular flexibility index (Phi) is 4.78. The highest BCUT2D eigenvalue weighted by atomic mass is 16.8. The van der Waals surface area contributed by atoms with Gasteiger partial charge in [0, 0.05) is 25.0 Å². The first-order chi connectivity index (χ1) is 16.6. The van der Waals surface area contributed by atoms with Crippen LogP contribution in [0.2, 0.25) is 0 Å². The summed E-state index contributed by atoms with van der Waals surface area (Å²) in [6.45, 7) is 9.54. The predicted octanol–water partition coefficient (Wildman–Crippen LogP) is 6.76. The monoisotopic (exact) mass is 474 g/mol. The predicted molar refractivity (Wildman–Crippen MR) is 136 cm³/mol. The summed E-state index contributed by atoms with van der Waals surface area (Å²) < 4.78 is 23.0. The van der Waals surface area contributed by atoms with Crippen LogP contribution in [0.15, 0.2) is 42.5 Å². The molecule has 0 bridgehead atoms. The molecule has 5 heteroatoms. The minimum atomic E-state index is -0.683. The maximum absolute atomic E-state index is 11.4. The number of hydrogen-bond donors (Lipinski definition) is 1. The first-order valence-electron chi connectivity index (χ1n) is 12.4. The van der Waals surface area contributed by atoms with Crippen LogP contribution in [0.25, 0.3) is 21.9 Å². The van der Waals surface area contributed by atoms with Crippen molar-refractivity contribution in [2.45, 2.75) is 65.0 Å². The Hall–Kier alpha value is -2.76. The third-order valence-electron chi connectivity index (χ3n) is 8.10. The van der Waals surface area contributed by atoms with E-state index in [-0.39, 0.29) is 22.0 Å². The molecule has 1 spiro atoms. The molecule has 3 aromatic carbocycles. The Morgan fingerprint density at radius 3 is 1.94 bits per heavy atom. The van der Waals surface area contributed by atoms with Gasteiger partial charge in [-0.2, -0.15) is 0 Å². The molecule has 0 amide bonds. The van der Waals surface area contributed by atoms with Crippen molar-refractivity contribution >= 4 is 10.8 Å². The maximum atomic E-state index is 11.4. The Bertz CT molecular complexity index is 1320. The number of hydrogen-bond acceptors (Lipinski definition) is 5. The van der Waals surface area contributed by atoms with Crippen LogP contribution < -0.4 is 9.47 Å². The van der Waals surface area contributed by atoms with Gasteiger partial charge in [0.1, 0.15) is 5.75 Å².